The van der Waals surface area contributed by atoms with Gasteiger partial charge in [-0.3, -0.25) is 4.90 Å². The van der Waals surface area contributed by atoms with Crippen molar-refractivity contribution in [3.8, 4) is 10.7 Å². The van der Waals surface area contributed by atoms with E-state index in [2.05, 4.69) is 31.8 Å². The Labute approximate surface area is 142 Å². The van der Waals surface area contributed by atoms with Crippen molar-refractivity contribution in [2.75, 3.05) is 24.5 Å². The molecule has 1 aliphatic heterocycles. The Hall–Kier alpha value is -1.77. The van der Waals surface area contributed by atoms with Crippen molar-refractivity contribution in [1.82, 2.24) is 20.0 Å². The van der Waals surface area contributed by atoms with Crippen LogP contribution in [0.2, 0.25) is 0 Å². The minimum absolute atomic E-state index is 0.426. The topological polar surface area (TPSA) is 58.3 Å². The lowest BCUT2D eigenvalue weighted by Gasteiger charge is -2.39. The van der Waals surface area contributed by atoms with E-state index in [1.807, 2.05) is 29.1 Å². The van der Waals surface area contributed by atoms with E-state index >= 15 is 0 Å². The van der Waals surface area contributed by atoms with Crippen LogP contribution in [0.5, 0.6) is 0 Å². The molecule has 0 radical (unpaired) electrons. The zero-order valence-electron chi connectivity index (χ0n) is 12.8. The van der Waals surface area contributed by atoms with Crippen LogP contribution in [0.15, 0.2) is 33.6 Å². The van der Waals surface area contributed by atoms with E-state index in [1.165, 1.54) is 0 Å². The second-order valence-corrected chi connectivity index (χ2v) is 7.40. The third-order valence-electron chi connectivity index (χ3n) is 3.95. The Bertz CT molecular complexity index is 740. The van der Waals surface area contributed by atoms with E-state index in [9.17, 15) is 0 Å². The maximum Gasteiger partial charge on any atom is 0.241 e. The van der Waals surface area contributed by atoms with Crippen LogP contribution in [0.4, 0.5) is 5.13 Å². The van der Waals surface area contributed by atoms with E-state index < -0.39 is 0 Å². The number of piperazine rings is 1. The Balaban J connectivity index is 1.39. The molecule has 0 saturated carbocycles. The van der Waals surface area contributed by atoms with Crippen LogP contribution in [0.3, 0.4) is 0 Å². The van der Waals surface area contributed by atoms with Gasteiger partial charge in [0.15, 0.2) is 5.13 Å². The van der Waals surface area contributed by atoms with Gasteiger partial charge in [0, 0.05) is 37.3 Å². The summed E-state index contributed by atoms with van der Waals surface area (Å²) >= 11 is 3.32. The first-order chi connectivity index (χ1) is 11.3. The van der Waals surface area contributed by atoms with Crippen LogP contribution in [-0.2, 0) is 6.54 Å². The quantitative estimate of drug-likeness (QED) is 0.723. The van der Waals surface area contributed by atoms with Crippen molar-refractivity contribution in [1.29, 1.82) is 0 Å². The molecule has 8 heteroatoms. The van der Waals surface area contributed by atoms with Crippen LogP contribution in [-0.4, -0.2) is 45.7 Å². The highest BCUT2D eigenvalue weighted by Crippen LogP contribution is 2.24. The molecule has 0 N–H and O–H groups in total. The molecule has 0 amide bonds. The SMILES string of the molecule is C[C@@H]1CN(Cc2nc(-c3cccs3)no2)CCN1c1nccs1. The summed E-state index contributed by atoms with van der Waals surface area (Å²) in [6, 6.07) is 4.43. The lowest BCUT2D eigenvalue weighted by molar-refractivity contribution is 0.194. The molecule has 0 aliphatic carbocycles. The van der Waals surface area contributed by atoms with Gasteiger partial charge in [-0.25, -0.2) is 4.98 Å². The molecular formula is C15H17N5OS2. The van der Waals surface area contributed by atoms with E-state index in [1.54, 1.807) is 22.7 Å². The molecule has 1 atom stereocenters. The van der Waals surface area contributed by atoms with Gasteiger partial charge in [-0.1, -0.05) is 11.2 Å². The Morgan fingerprint density at radius 1 is 1.30 bits per heavy atom. The highest BCUT2D eigenvalue weighted by atomic mass is 32.1. The maximum atomic E-state index is 5.41. The summed E-state index contributed by atoms with van der Waals surface area (Å²) in [5.74, 6) is 1.37. The fourth-order valence-corrected chi connectivity index (χ4v) is 4.26. The van der Waals surface area contributed by atoms with Gasteiger partial charge in [0.1, 0.15) is 0 Å². The fraction of sp³-hybridized carbons (Fsp3) is 0.400. The van der Waals surface area contributed by atoms with Crippen molar-refractivity contribution in [2.24, 2.45) is 0 Å². The number of hydrogen-bond donors (Lipinski definition) is 0. The summed E-state index contributed by atoms with van der Waals surface area (Å²) < 4.78 is 5.41. The largest absolute Gasteiger partial charge is 0.343 e. The van der Waals surface area contributed by atoms with Crippen molar-refractivity contribution in [3.63, 3.8) is 0 Å². The molecule has 4 rings (SSSR count). The first kappa shape index (κ1) is 14.8. The number of thiophene rings is 1. The highest BCUT2D eigenvalue weighted by molar-refractivity contribution is 7.13. The van der Waals surface area contributed by atoms with E-state index in [-0.39, 0.29) is 0 Å². The molecule has 4 heterocycles. The third kappa shape index (κ3) is 3.15. The molecule has 6 nitrogen and oxygen atoms in total. The molecule has 1 aliphatic rings. The number of rotatable bonds is 4. The van der Waals surface area contributed by atoms with Gasteiger partial charge in [-0.2, -0.15) is 4.98 Å². The molecule has 3 aromatic heterocycles. The molecule has 0 spiro atoms. The highest BCUT2D eigenvalue weighted by Gasteiger charge is 2.26. The molecule has 3 aromatic rings. The standard InChI is InChI=1S/C15H17N5OS2/c1-11-9-19(5-6-20(11)15-16-4-8-23-15)10-13-17-14(18-21-13)12-3-2-7-22-12/h2-4,7-8,11H,5-6,9-10H2,1H3/t11-/m1/s1. The number of thiazole rings is 1. The van der Waals surface area contributed by atoms with E-state index in [0.717, 1.165) is 29.6 Å². The van der Waals surface area contributed by atoms with Gasteiger partial charge in [-0.05, 0) is 18.4 Å². The summed E-state index contributed by atoms with van der Waals surface area (Å²) in [4.78, 5) is 14.7. The summed E-state index contributed by atoms with van der Waals surface area (Å²) in [7, 11) is 0. The monoisotopic (exact) mass is 347 g/mol. The average Bonchev–Trinajstić information content (AvgIpc) is 3.30. The van der Waals surface area contributed by atoms with Gasteiger partial charge >= 0.3 is 0 Å². The second kappa shape index (κ2) is 6.38. The average molecular weight is 347 g/mol. The summed E-state index contributed by atoms with van der Waals surface area (Å²) in [6.45, 7) is 5.85. The number of nitrogens with zero attached hydrogens (tertiary/aromatic N) is 5. The minimum Gasteiger partial charge on any atom is -0.343 e. The number of hydrogen-bond acceptors (Lipinski definition) is 8. The zero-order chi connectivity index (χ0) is 15.6. The first-order valence-corrected chi connectivity index (χ1v) is 9.30. The molecule has 1 saturated heterocycles. The molecule has 23 heavy (non-hydrogen) atoms. The molecular weight excluding hydrogens is 330 g/mol. The number of aromatic nitrogens is 3. The summed E-state index contributed by atoms with van der Waals surface area (Å²) in [6.07, 6.45) is 1.86. The summed E-state index contributed by atoms with van der Waals surface area (Å²) in [5.41, 5.74) is 0. The summed E-state index contributed by atoms with van der Waals surface area (Å²) in [5, 5.41) is 9.23. The Kier molecular flexibility index (Phi) is 4.11. The molecule has 0 unspecified atom stereocenters. The van der Waals surface area contributed by atoms with Gasteiger partial charge in [0.2, 0.25) is 11.7 Å². The van der Waals surface area contributed by atoms with E-state index in [0.29, 0.717) is 24.3 Å². The fourth-order valence-electron chi connectivity index (χ4n) is 2.83. The zero-order valence-corrected chi connectivity index (χ0v) is 14.4. The lowest BCUT2D eigenvalue weighted by atomic mass is 10.2. The molecule has 1 fully saturated rings. The third-order valence-corrected chi connectivity index (χ3v) is 5.62. The van der Waals surface area contributed by atoms with Crippen LogP contribution in [0.25, 0.3) is 10.7 Å². The van der Waals surface area contributed by atoms with Crippen LogP contribution in [0, 0.1) is 0 Å². The molecule has 0 aromatic carbocycles. The van der Waals surface area contributed by atoms with Crippen molar-refractivity contribution >= 4 is 27.8 Å². The Morgan fingerprint density at radius 2 is 2.26 bits per heavy atom. The molecule has 0 bridgehead atoms. The van der Waals surface area contributed by atoms with Crippen LogP contribution < -0.4 is 4.90 Å². The number of anilines is 1. The van der Waals surface area contributed by atoms with Gasteiger partial charge in [0.05, 0.1) is 11.4 Å². The van der Waals surface area contributed by atoms with Crippen molar-refractivity contribution in [2.45, 2.75) is 19.5 Å². The second-order valence-electron chi connectivity index (χ2n) is 5.58. The maximum absolute atomic E-state index is 5.41. The first-order valence-electron chi connectivity index (χ1n) is 7.54. The van der Waals surface area contributed by atoms with Crippen molar-refractivity contribution in [3.05, 3.63) is 35.0 Å². The predicted octanol–water partition coefficient (Wildman–Crippen LogP) is 2.97. The van der Waals surface area contributed by atoms with E-state index in [4.69, 9.17) is 4.52 Å². The minimum atomic E-state index is 0.426. The van der Waals surface area contributed by atoms with Crippen LogP contribution >= 0.6 is 22.7 Å². The van der Waals surface area contributed by atoms with Gasteiger partial charge < -0.3 is 9.42 Å². The normalized spacial score (nSPS) is 19.3. The van der Waals surface area contributed by atoms with Gasteiger partial charge in [-0.15, -0.1) is 22.7 Å². The van der Waals surface area contributed by atoms with Gasteiger partial charge in [0.25, 0.3) is 0 Å². The Morgan fingerprint density at radius 3 is 3.00 bits per heavy atom. The van der Waals surface area contributed by atoms with Crippen molar-refractivity contribution < 1.29 is 4.52 Å². The van der Waals surface area contributed by atoms with Crippen LogP contribution in [0.1, 0.15) is 12.8 Å². The lowest BCUT2D eigenvalue weighted by Crippen LogP contribution is -2.51. The predicted molar refractivity (Wildman–Crippen MR) is 91.8 cm³/mol. The smallest absolute Gasteiger partial charge is 0.241 e. The molecule has 120 valence electrons.